The first kappa shape index (κ1) is 14.4. The Balaban J connectivity index is 1.52. The molecular weight excluding hydrogens is 282 g/mol. The second kappa shape index (κ2) is 6.95. The zero-order valence-corrected chi connectivity index (χ0v) is 13.1. The monoisotopic (exact) mass is 303 g/mol. The fourth-order valence-corrected chi connectivity index (χ4v) is 3.50. The summed E-state index contributed by atoms with van der Waals surface area (Å²) in [7, 11) is 0. The van der Waals surface area contributed by atoms with Crippen molar-refractivity contribution in [3.05, 3.63) is 34.4 Å². The van der Waals surface area contributed by atoms with Gasteiger partial charge in [0.1, 0.15) is 0 Å². The fraction of sp³-hybridized carbons (Fsp3) is 0.533. The standard InChI is InChI=1S/C15H21N5S/c1-2-15-18-12(11-21-15)9-16-10-13-5-4-8-20(13)14-6-3-7-17-19-14/h3,6-7,11,13,16H,2,4-5,8-10H2,1H3. The quantitative estimate of drug-likeness (QED) is 0.887. The molecule has 21 heavy (non-hydrogen) atoms. The van der Waals surface area contributed by atoms with Crippen LogP contribution in [0.25, 0.3) is 0 Å². The molecule has 1 saturated heterocycles. The Bertz CT molecular complexity index is 556. The van der Waals surface area contributed by atoms with Crippen LogP contribution in [0.3, 0.4) is 0 Å². The van der Waals surface area contributed by atoms with Crippen molar-refractivity contribution in [3.8, 4) is 0 Å². The summed E-state index contributed by atoms with van der Waals surface area (Å²) in [5.41, 5.74) is 1.15. The summed E-state index contributed by atoms with van der Waals surface area (Å²) >= 11 is 1.75. The van der Waals surface area contributed by atoms with Gasteiger partial charge in [-0.2, -0.15) is 5.10 Å². The minimum Gasteiger partial charge on any atom is -0.351 e. The van der Waals surface area contributed by atoms with Gasteiger partial charge in [0.25, 0.3) is 0 Å². The van der Waals surface area contributed by atoms with Crippen molar-refractivity contribution in [1.29, 1.82) is 0 Å². The molecule has 1 aliphatic rings. The Labute approximate surface area is 129 Å². The second-order valence-corrected chi connectivity index (χ2v) is 6.23. The normalized spacial score (nSPS) is 18.3. The van der Waals surface area contributed by atoms with E-state index in [9.17, 15) is 0 Å². The van der Waals surface area contributed by atoms with Gasteiger partial charge in [-0.25, -0.2) is 4.98 Å². The number of hydrogen-bond donors (Lipinski definition) is 1. The minimum absolute atomic E-state index is 0.506. The Morgan fingerprint density at radius 2 is 2.43 bits per heavy atom. The Hall–Kier alpha value is -1.53. The number of hydrogen-bond acceptors (Lipinski definition) is 6. The molecule has 0 amide bonds. The van der Waals surface area contributed by atoms with Gasteiger partial charge in [0.2, 0.25) is 0 Å². The van der Waals surface area contributed by atoms with E-state index in [1.54, 1.807) is 17.5 Å². The topological polar surface area (TPSA) is 53.9 Å². The molecule has 0 saturated carbocycles. The first-order valence-electron chi connectivity index (χ1n) is 7.55. The predicted octanol–water partition coefficient (Wildman–Crippen LogP) is 2.25. The SMILES string of the molecule is CCc1nc(CNCC2CCCN2c2cccnn2)cs1. The lowest BCUT2D eigenvalue weighted by atomic mass is 10.2. The van der Waals surface area contributed by atoms with Gasteiger partial charge in [0.15, 0.2) is 5.82 Å². The van der Waals surface area contributed by atoms with Gasteiger partial charge in [-0.3, -0.25) is 0 Å². The Morgan fingerprint density at radius 1 is 1.48 bits per heavy atom. The van der Waals surface area contributed by atoms with Crippen LogP contribution >= 0.6 is 11.3 Å². The van der Waals surface area contributed by atoms with Crippen LogP contribution in [0.1, 0.15) is 30.5 Å². The van der Waals surface area contributed by atoms with Crippen molar-refractivity contribution >= 4 is 17.2 Å². The molecule has 0 aliphatic carbocycles. The Kier molecular flexibility index (Phi) is 4.77. The highest BCUT2D eigenvalue weighted by atomic mass is 32.1. The highest BCUT2D eigenvalue weighted by Crippen LogP contribution is 2.22. The maximum Gasteiger partial charge on any atom is 0.151 e. The molecule has 5 nitrogen and oxygen atoms in total. The maximum atomic E-state index is 4.59. The highest BCUT2D eigenvalue weighted by molar-refractivity contribution is 7.09. The minimum atomic E-state index is 0.506. The lowest BCUT2D eigenvalue weighted by molar-refractivity contribution is 0.566. The first-order chi connectivity index (χ1) is 10.4. The summed E-state index contributed by atoms with van der Waals surface area (Å²) in [6.45, 7) is 5.03. The molecular formula is C15H21N5S. The lowest BCUT2D eigenvalue weighted by Gasteiger charge is -2.25. The van der Waals surface area contributed by atoms with E-state index in [-0.39, 0.29) is 0 Å². The summed E-state index contributed by atoms with van der Waals surface area (Å²) < 4.78 is 0. The fourth-order valence-electron chi connectivity index (χ4n) is 2.76. The summed E-state index contributed by atoms with van der Waals surface area (Å²) in [6.07, 6.45) is 5.18. The van der Waals surface area contributed by atoms with E-state index >= 15 is 0 Å². The number of rotatable bonds is 6. The number of aromatic nitrogens is 3. The average Bonchev–Trinajstić information content (AvgIpc) is 3.17. The molecule has 6 heteroatoms. The van der Waals surface area contributed by atoms with Crippen molar-refractivity contribution in [2.24, 2.45) is 0 Å². The molecule has 0 bridgehead atoms. The van der Waals surface area contributed by atoms with Crippen LogP contribution in [0.2, 0.25) is 0 Å². The first-order valence-corrected chi connectivity index (χ1v) is 8.43. The third-order valence-electron chi connectivity index (χ3n) is 3.82. The molecule has 1 fully saturated rings. The van der Waals surface area contributed by atoms with Crippen LogP contribution in [-0.2, 0) is 13.0 Å². The third-order valence-corrected chi connectivity index (χ3v) is 4.86. The summed E-state index contributed by atoms with van der Waals surface area (Å²) in [6, 6.07) is 4.50. The molecule has 2 aromatic rings. The van der Waals surface area contributed by atoms with Crippen LogP contribution in [0.4, 0.5) is 5.82 Å². The van der Waals surface area contributed by atoms with E-state index in [4.69, 9.17) is 0 Å². The largest absolute Gasteiger partial charge is 0.351 e. The van der Waals surface area contributed by atoms with Crippen LogP contribution in [-0.4, -0.2) is 34.3 Å². The van der Waals surface area contributed by atoms with Crippen molar-refractivity contribution in [2.75, 3.05) is 18.0 Å². The zero-order valence-electron chi connectivity index (χ0n) is 12.3. The third kappa shape index (κ3) is 3.57. The molecule has 3 heterocycles. The van der Waals surface area contributed by atoms with Crippen molar-refractivity contribution in [1.82, 2.24) is 20.5 Å². The number of anilines is 1. The van der Waals surface area contributed by atoms with Gasteiger partial charge in [-0.05, 0) is 31.4 Å². The molecule has 1 aliphatic heterocycles. The van der Waals surface area contributed by atoms with Crippen molar-refractivity contribution in [3.63, 3.8) is 0 Å². The van der Waals surface area contributed by atoms with E-state index < -0.39 is 0 Å². The van der Waals surface area contributed by atoms with Crippen LogP contribution in [0.15, 0.2) is 23.7 Å². The van der Waals surface area contributed by atoms with Gasteiger partial charge in [-0.15, -0.1) is 16.4 Å². The molecule has 112 valence electrons. The van der Waals surface area contributed by atoms with E-state index in [0.29, 0.717) is 6.04 Å². The molecule has 1 unspecified atom stereocenters. The van der Waals surface area contributed by atoms with Crippen molar-refractivity contribution < 1.29 is 0 Å². The summed E-state index contributed by atoms with van der Waals surface area (Å²) in [5, 5.41) is 15.1. The van der Waals surface area contributed by atoms with Gasteiger partial charge < -0.3 is 10.2 Å². The summed E-state index contributed by atoms with van der Waals surface area (Å²) in [5.74, 6) is 0.990. The van der Waals surface area contributed by atoms with Gasteiger partial charge in [0, 0.05) is 37.3 Å². The molecule has 1 atom stereocenters. The second-order valence-electron chi connectivity index (χ2n) is 5.29. The summed E-state index contributed by atoms with van der Waals surface area (Å²) in [4.78, 5) is 6.95. The van der Waals surface area contributed by atoms with E-state index in [1.807, 2.05) is 12.1 Å². The van der Waals surface area contributed by atoms with Crippen molar-refractivity contribution in [2.45, 2.75) is 38.8 Å². The molecule has 0 radical (unpaired) electrons. The molecule has 2 aromatic heterocycles. The maximum absolute atomic E-state index is 4.59. The van der Waals surface area contributed by atoms with E-state index in [2.05, 4.69) is 37.7 Å². The number of thiazole rings is 1. The average molecular weight is 303 g/mol. The molecule has 0 spiro atoms. The van der Waals surface area contributed by atoms with E-state index in [0.717, 1.165) is 37.6 Å². The number of nitrogens with one attached hydrogen (secondary N) is 1. The van der Waals surface area contributed by atoms with Crippen LogP contribution < -0.4 is 10.2 Å². The van der Waals surface area contributed by atoms with Crippen LogP contribution in [0, 0.1) is 0 Å². The van der Waals surface area contributed by atoms with Gasteiger partial charge in [0.05, 0.1) is 10.7 Å². The smallest absolute Gasteiger partial charge is 0.151 e. The zero-order chi connectivity index (χ0) is 14.5. The lowest BCUT2D eigenvalue weighted by Crippen LogP contribution is -2.38. The number of nitrogens with zero attached hydrogens (tertiary/aromatic N) is 4. The Morgan fingerprint density at radius 3 is 3.19 bits per heavy atom. The van der Waals surface area contributed by atoms with Gasteiger partial charge >= 0.3 is 0 Å². The molecule has 1 N–H and O–H groups in total. The predicted molar refractivity (Wildman–Crippen MR) is 85.6 cm³/mol. The van der Waals surface area contributed by atoms with Crippen LogP contribution in [0.5, 0.6) is 0 Å². The van der Waals surface area contributed by atoms with Gasteiger partial charge in [-0.1, -0.05) is 6.92 Å². The molecule has 0 aromatic carbocycles. The number of aryl methyl sites for hydroxylation is 1. The highest BCUT2D eigenvalue weighted by Gasteiger charge is 2.25. The van der Waals surface area contributed by atoms with E-state index in [1.165, 1.54) is 17.8 Å². The molecule has 3 rings (SSSR count).